The molecule has 0 bridgehead atoms. The van der Waals surface area contributed by atoms with Gasteiger partial charge in [0.25, 0.3) is 0 Å². The topological polar surface area (TPSA) is 32.8 Å². The third-order valence-electron chi connectivity index (χ3n) is 6.28. The number of nitrogens with zero attached hydrogens (tertiary/aromatic N) is 2. The van der Waals surface area contributed by atoms with Crippen molar-refractivity contribution in [1.82, 2.24) is 9.80 Å². The molecule has 2 aromatic carbocycles. The Morgan fingerprint density at radius 2 is 1.87 bits per heavy atom. The lowest BCUT2D eigenvalue weighted by Crippen LogP contribution is -2.40. The molecule has 2 fully saturated rings. The molecule has 0 aromatic heterocycles. The highest BCUT2D eigenvalue weighted by atomic mass is 19.4. The van der Waals surface area contributed by atoms with Gasteiger partial charge in [-0.3, -0.25) is 9.69 Å². The fraction of sp³-hybridized carbons (Fsp3) is 0.458. The van der Waals surface area contributed by atoms with Crippen molar-refractivity contribution in [3.8, 4) is 0 Å². The highest BCUT2D eigenvalue weighted by molar-refractivity contribution is 5.80. The first kappa shape index (κ1) is 21.8. The van der Waals surface area contributed by atoms with Gasteiger partial charge in [-0.2, -0.15) is 13.2 Å². The summed E-state index contributed by atoms with van der Waals surface area (Å²) < 4.78 is 45.1. The molecule has 0 saturated carbocycles. The molecule has 1 amide bonds. The van der Waals surface area contributed by atoms with E-state index in [4.69, 9.17) is 4.74 Å². The standard InChI is InChI=1S/C24H27F3N2O2/c1-18(20-7-3-2-4-8-20)29-16-23(13-22(29)30)15-28(10-11-31-17-23)14-19-6-5-9-21(12-19)24(25,26)27/h2-9,12,18H,10-11,13-17H2,1H3/t18-,23+/m0/s1. The fourth-order valence-corrected chi connectivity index (χ4v) is 4.72. The minimum absolute atomic E-state index is 0.0340. The molecule has 7 heteroatoms. The van der Waals surface area contributed by atoms with Crippen molar-refractivity contribution in [3.63, 3.8) is 0 Å². The molecule has 0 aliphatic carbocycles. The molecule has 0 unspecified atom stereocenters. The van der Waals surface area contributed by atoms with Crippen molar-refractivity contribution >= 4 is 5.91 Å². The lowest BCUT2D eigenvalue weighted by molar-refractivity contribution is -0.137. The molecular weight excluding hydrogens is 405 g/mol. The molecular formula is C24H27F3N2O2. The first-order chi connectivity index (χ1) is 14.8. The zero-order valence-electron chi connectivity index (χ0n) is 17.6. The molecule has 2 heterocycles. The summed E-state index contributed by atoms with van der Waals surface area (Å²) in [6, 6.07) is 15.4. The van der Waals surface area contributed by atoms with Crippen molar-refractivity contribution in [2.45, 2.75) is 32.1 Å². The van der Waals surface area contributed by atoms with Crippen molar-refractivity contribution in [2.24, 2.45) is 5.41 Å². The van der Waals surface area contributed by atoms with Gasteiger partial charge in [-0.05, 0) is 24.1 Å². The second-order valence-corrected chi connectivity index (χ2v) is 8.75. The van der Waals surface area contributed by atoms with Crippen LogP contribution in [0, 0.1) is 5.41 Å². The molecule has 2 aliphatic rings. The molecule has 0 N–H and O–H groups in total. The Labute approximate surface area is 180 Å². The predicted molar refractivity (Wildman–Crippen MR) is 111 cm³/mol. The Morgan fingerprint density at radius 1 is 1.10 bits per heavy atom. The number of hydrogen-bond acceptors (Lipinski definition) is 3. The molecule has 166 valence electrons. The second-order valence-electron chi connectivity index (χ2n) is 8.75. The van der Waals surface area contributed by atoms with Crippen LogP contribution in [-0.4, -0.2) is 48.6 Å². The van der Waals surface area contributed by atoms with Crippen LogP contribution in [0.25, 0.3) is 0 Å². The highest BCUT2D eigenvalue weighted by Gasteiger charge is 2.47. The van der Waals surface area contributed by atoms with Gasteiger partial charge in [-0.25, -0.2) is 0 Å². The third-order valence-corrected chi connectivity index (χ3v) is 6.28. The molecule has 2 aromatic rings. The summed E-state index contributed by atoms with van der Waals surface area (Å²) in [6.45, 7) is 5.25. The summed E-state index contributed by atoms with van der Waals surface area (Å²) in [6.07, 6.45) is -3.96. The molecule has 0 radical (unpaired) electrons. The van der Waals surface area contributed by atoms with E-state index in [1.807, 2.05) is 42.2 Å². The van der Waals surface area contributed by atoms with Crippen molar-refractivity contribution in [1.29, 1.82) is 0 Å². The average molecular weight is 432 g/mol. The summed E-state index contributed by atoms with van der Waals surface area (Å²) in [5, 5.41) is 0. The van der Waals surface area contributed by atoms with Crippen LogP contribution in [0.4, 0.5) is 13.2 Å². The monoisotopic (exact) mass is 432 g/mol. The van der Waals surface area contributed by atoms with Crippen LogP contribution < -0.4 is 0 Å². The largest absolute Gasteiger partial charge is 0.416 e. The minimum atomic E-state index is -4.36. The third kappa shape index (κ3) is 4.93. The van der Waals surface area contributed by atoms with Gasteiger partial charge in [0.05, 0.1) is 24.8 Å². The lowest BCUT2D eigenvalue weighted by atomic mass is 9.87. The van der Waals surface area contributed by atoms with Gasteiger partial charge in [-0.1, -0.05) is 48.5 Å². The Bertz CT molecular complexity index is 919. The Kier molecular flexibility index (Phi) is 6.08. The van der Waals surface area contributed by atoms with Crippen LogP contribution in [0.1, 0.15) is 36.1 Å². The number of rotatable bonds is 4. The molecule has 4 nitrogen and oxygen atoms in total. The van der Waals surface area contributed by atoms with Crippen LogP contribution in [0.15, 0.2) is 54.6 Å². The van der Waals surface area contributed by atoms with Gasteiger partial charge in [0.2, 0.25) is 5.91 Å². The summed E-state index contributed by atoms with van der Waals surface area (Å²) in [5.74, 6) is 0.0980. The van der Waals surface area contributed by atoms with Crippen molar-refractivity contribution < 1.29 is 22.7 Å². The molecule has 4 rings (SSSR count). The maximum Gasteiger partial charge on any atom is 0.416 e. The summed E-state index contributed by atoms with van der Waals surface area (Å²) in [7, 11) is 0. The van der Waals surface area contributed by atoms with Crippen LogP contribution in [0.3, 0.4) is 0 Å². The zero-order valence-corrected chi connectivity index (χ0v) is 17.6. The Morgan fingerprint density at radius 3 is 2.61 bits per heavy atom. The van der Waals surface area contributed by atoms with E-state index in [0.29, 0.717) is 51.4 Å². The van der Waals surface area contributed by atoms with E-state index < -0.39 is 11.7 Å². The van der Waals surface area contributed by atoms with Crippen LogP contribution in [0.5, 0.6) is 0 Å². The number of halogens is 3. The number of ether oxygens (including phenoxy) is 1. The minimum Gasteiger partial charge on any atom is -0.379 e. The van der Waals surface area contributed by atoms with Crippen LogP contribution in [-0.2, 0) is 22.3 Å². The van der Waals surface area contributed by atoms with Gasteiger partial charge >= 0.3 is 6.18 Å². The summed E-state index contributed by atoms with van der Waals surface area (Å²) >= 11 is 0. The number of amides is 1. The van der Waals surface area contributed by atoms with E-state index >= 15 is 0 Å². The smallest absolute Gasteiger partial charge is 0.379 e. The quantitative estimate of drug-likeness (QED) is 0.712. The Balaban J connectivity index is 1.49. The molecule has 31 heavy (non-hydrogen) atoms. The number of carbonyl (C=O) groups is 1. The Hall–Kier alpha value is -2.38. The molecule has 2 saturated heterocycles. The van der Waals surface area contributed by atoms with Gasteiger partial charge in [-0.15, -0.1) is 0 Å². The normalized spacial score (nSPS) is 23.9. The molecule has 2 aliphatic heterocycles. The maximum absolute atomic E-state index is 13.1. The van der Waals surface area contributed by atoms with Gasteiger partial charge < -0.3 is 9.64 Å². The fourth-order valence-electron chi connectivity index (χ4n) is 4.72. The first-order valence-corrected chi connectivity index (χ1v) is 10.6. The van der Waals surface area contributed by atoms with E-state index in [-0.39, 0.29) is 17.4 Å². The summed E-state index contributed by atoms with van der Waals surface area (Å²) in [5.41, 5.74) is 0.719. The van der Waals surface area contributed by atoms with E-state index in [0.717, 1.165) is 11.6 Å². The van der Waals surface area contributed by atoms with E-state index in [2.05, 4.69) is 4.90 Å². The molecule has 2 atom stereocenters. The van der Waals surface area contributed by atoms with Crippen molar-refractivity contribution in [2.75, 3.05) is 32.8 Å². The van der Waals surface area contributed by atoms with Gasteiger partial charge in [0, 0.05) is 38.0 Å². The lowest BCUT2D eigenvalue weighted by Gasteiger charge is -2.33. The predicted octanol–water partition coefficient (Wildman–Crippen LogP) is 4.52. The van der Waals surface area contributed by atoms with E-state index in [1.165, 1.54) is 12.1 Å². The zero-order chi connectivity index (χ0) is 22.1. The number of hydrogen-bond donors (Lipinski definition) is 0. The summed E-state index contributed by atoms with van der Waals surface area (Å²) in [4.78, 5) is 16.9. The van der Waals surface area contributed by atoms with Gasteiger partial charge in [0.15, 0.2) is 0 Å². The SMILES string of the molecule is C[C@@H](c1ccccc1)N1C[C@@]2(COCCN(Cc3cccc(C(F)(F)F)c3)C2)CC1=O. The number of carbonyl (C=O) groups excluding carboxylic acids is 1. The number of benzene rings is 2. The average Bonchev–Trinajstić information content (AvgIpc) is 2.93. The van der Waals surface area contributed by atoms with Gasteiger partial charge in [0.1, 0.15) is 0 Å². The van der Waals surface area contributed by atoms with Crippen molar-refractivity contribution in [3.05, 3.63) is 71.3 Å². The highest BCUT2D eigenvalue weighted by Crippen LogP contribution is 2.39. The second kappa shape index (κ2) is 8.63. The van der Waals surface area contributed by atoms with Crippen LogP contribution >= 0.6 is 0 Å². The molecule has 1 spiro atoms. The maximum atomic E-state index is 13.1. The number of alkyl halides is 3. The van der Waals surface area contributed by atoms with E-state index in [9.17, 15) is 18.0 Å². The first-order valence-electron chi connectivity index (χ1n) is 10.6. The van der Waals surface area contributed by atoms with Crippen LogP contribution in [0.2, 0.25) is 0 Å². The van der Waals surface area contributed by atoms with E-state index in [1.54, 1.807) is 6.07 Å². The number of likely N-dealkylation sites (tertiary alicyclic amines) is 1.